The Morgan fingerprint density at radius 1 is 0.600 bits per heavy atom. The molecule has 0 aromatic heterocycles. The quantitative estimate of drug-likeness (QED) is 0.568. The van der Waals surface area contributed by atoms with E-state index >= 15 is 0 Å². The largest absolute Gasteiger partial charge is 0.204 e. The molecular formula is C16H12N4. The van der Waals surface area contributed by atoms with Crippen LogP contribution in [0.25, 0.3) is 10.8 Å². The normalized spacial score (nSPS) is 11.0. The van der Waals surface area contributed by atoms with Crippen molar-refractivity contribution in [1.82, 2.24) is 0 Å². The smallest absolute Gasteiger partial charge is 0.0936 e. The maximum Gasteiger partial charge on any atom is 0.0936 e. The first kappa shape index (κ1) is 12.2. The Kier molecular flexibility index (Phi) is 3.29. The highest BCUT2D eigenvalue weighted by molar-refractivity contribution is 5.99. The summed E-state index contributed by atoms with van der Waals surface area (Å²) in [6.07, 6.45) is 0. The lowest BCUT2D eigenvalue weighted by Gasteiger charge is -2.03. The van der Waals surface area contributed by atoms with Crippen LogP contribution in [0.4, 0.5) is 17.1 Å². The molecule has 0 saturated heterocycles. The summed E-state index contributed by atoms with van der Waals surface area (Å²) in [5.41, 5.74) is 9.43. The first-order chi connectivity index (χ1) is 9.88. The molecule has 0 bridgehead atoms. The van der Waals surface area contributed by atoms with Gasteiger partial charge in [-0.1, -0.05) is 42.5 Å². The fraction of sp³-hybridized carbons (Fsp3) is 0. The summed E-state index contributed by atoms with van der Waals surface area (Å²) in [5, 5.41) is 13.9. The van der Waals surface area contributed by atoms with Crippen molar-refractivity contribution in [3.05, 3.63) is 66.7 Å². The van der Waals surface area contributed by atoms with Crippen LogP contribution in [0.5, 0.6) is 0 Å². The third-order valence-corrected chi connectivity index (χ3v) is 3.03. The van der Waals surface area contributed by atoms with Crippen molar-refractivity contribution >= 4 is 27.8 Å². The Morgan fingerprint density at radius 3 is 1.90 bits per heavy atom. The Bertz CT molecular complexity index is 779. The molecule has 0 aliphatic rings. The zero-order valence-corrected chi connectivity index (χ0v) is 10.7. The molecule has 3 aromatic rings. The molecule has 3 rings (SSSR count). The third-order valence-electron chi connectivity index (χ3n) is 3.03. The van der Waals surface area contributed by atoms with Crippen molar-refractivity contribution in [1.29, 1.82) is 5.53 Å². The molecule has 0 aliphatic heterocycles. The molecule has 0 heterocycles. The van der Waals surface area contributed by atoms with Gasteiger partial charge in [-0.3, -0.25) is 0 Å². The number of rotatable bonds is 3. The van der Waals surface area contributed by atoms with Gasteiger partial charge >= 0.3 is 0 Å². The van der Waals surface area contributed by atoms with Crippen LogP contribution < -0.4 is 0 Å². The standard InChI is InChI=1S/C16H12N4/c17-18-15-10-11-16(14-9-5-4-8-13(14)15)20-19-12-6-2-1-3-7-12/h1-11,17H/b18-17?,20-19+. The molecular weight excluding hydrogens is 248 g/mol. The molecule has 0 amide bonds. The van der Waals surface area contributed by atoms with E-state index in [0.717, 1.165) is 22.1 Å². The lowest BCUT2D eigenvalue weighted by atomic mass is 10.1. The monoisotopic (exact) mass is 260 g/mol. The maximum absolute atomic E-state index is 7.20. The molecule has 3 aromatic carbocycles. The Balaban J connectivity index is 2.09. The molecule has 20 heavy (non-hydrogen) atoms. The fourth-order valence-electron chi connectivity index (χ4n) is 2.06. The van der Waals surface area contributed by atoms with Crippen LogP contribution in [0.15, 0.2) is 82.1 Å². The van der Waals surface area contributed by atoms with Crippen LogP contribution in [0.3, 0.4) is 0 Å². The number of benzene rings is 3. The van der Waals surface area contributed by atoms with E-state index in [1.54, 1.807) is 6.07 Å². The van der Waals surface area contributed by atoms with Crippen molar-refractivity contribution in [2.45, 2.75) is 0 Å². The molecule has 0 fully saturated rings. The topological polar surface area (TPSA) is 60.9 Å². The predicted molar refractivity (Wildman–Crippen MR) is 79.4 cm³/mol. The van der Waals surface area contributed by atoms with Gasteiger partial charge in [0, 0.05) is 10.8 Å². The highest BCUT2D eigenvalue weighted by atomic mass is 15.1. The van der Waals surface area contributed by atoms with Gasteiger partial charge in [0.2, 0.25) is 0 Å². The zero-order chi connectivity index (χ0) is 13.8. The van der Waals surface area contributed by atoms with Crippen molar-refractivity contribution in [3.8, 4) is 0 Å². The van der Waals surface area contributed by atoms with Gasteiger partial charge in [-0.05, 0) is 24.3 Å². The Hall–Kier alpha value is -2.88. The summed E-state index contributed by atoms with van der Waals surface area (Å²) in [5.74, 6) is 0. The second-order valence-electron chi connectivity index (χ2n) is 4.30. The first-order valence-electron chi connectivity index (χ1n) is 6.24. The van der Waals surface area contributed by atoms with Gasteiger partial charge in [0.05, 0.1) is 17.1 Å². The maximum atomic E-state index is 7.20. The molecule has 96 valence electrons. The number of fused-ring (bicyclic) bond motifs is 1. The van der Waals surface area contributed by atoms with Crippen LogP contribution in [0.2, 0.25) is 0 Å². The Labute approximate surface area is 116 Å². The van der Waals surface area contributed by atoms with Crippen LogP contribution in [-0.4, -0.2) is 0 Å². The van der Waals surface area contributed by atoms with Crippen molar-refractivity contribution < 1.29 is 0 Å². The second-order valence-corrected chi connectivity index (χ2v) is 4.30. The minimum atomic E-state index is 0.638. The lowest BCUT2D eigenvalue weighted by molar-refractivity contribution is 1.15. The van der Waals surface area contributed by atoms with Gasteiger partial charge in [-0.25, -0.2) is 5.53 Å². The summed E-state index contributed by atoms with van der Waals surface area (Å²) in [4.78, 5) is 0. The molecule has 4 heteroatoms. The van der Waals surface area contributed by atoms with E-state index in [1.807, 2.05) is 60.7 Å². The number of hydrogen-bond acceptors (Lipinski definition) is 4. The molecule has 0 atom stereocenters. The average molecular weight is 260 g/mol. The fourth-order valence-corrected chi connectivity index (χ4v) is 2.06. The van der Waals surface area contributed by atoms with E-state index < -0.39 is 0 Å². The highest BCUT2D eigenvalue weighted by Gasteiger charge is 2.04. The second kappa shape index (κ2) is 5.40. The van der Waals surface area contributed by atoms with Gasteiger partial charge in [0.1, 0.15) is 0 Å². The van der Waals surface area contributed by atoms with Gasteiger partial charge < -0.3 is 0 Å². The molecule has 4 nitrogen and oxygen atoms in total. The van der Waals surface area contributed by atoms with Crippen LogP contribution in [0.1, 0.15) is 0 Å². The minimum absolute atomic E-state index is 0.638. The van der Waals surface area contributed by atoms with Gasteiger partial charge in [-0.2, -0.15) is 10.2 Å². The summed E-state index contributed by atoms with van der Waals surface area (Å²) in [6, 6.07) is 21.0. The van der Waals surface area contributed by atoms with Crippen LogP contribution in [-0.2, 0) is 0 Å². The highest BCUT2D eigenvalue weighted by Crippen LogP contribution is 2.33. The molecule has 0 saturated carbocycles. The van der Waals surface area contributed by atoms with E-state index in [-0.39, 0.29) is 0 Å². The number of azo groups is 1. The predicted octanol–water partition coefficient (Wildman–Crippen LogP) is 5.92. The van der Waals surface area contributed by atoms with Crippen molar-refractivity contribution in [2.24, 2.45) is 15.3 Å². The van der Waals surface area contributed by atoms with E-state index in [4.69, 9.17) is 5.53 Å². The van der Waals surface area contributed by atoms with Crippen LogP contribution >= 0.6 is 0 Å². The minimum Gasteiger partial charge on any atom is -0.204 e. The third kappa shape index (κ3) is 2.31. The Morgan fingerprint density at radius 2 is 1.20 bits per heavy atom. The van der Waals surface area contributed by atoms with E-state index in [0.29, 0.717) is 5.69 Å². The van der Waals surface area contributed by atoms with Crippen LogP contribution in [0, 0.1) is 5.53 Å². The average Bonchev–Trinajstić information content (AvgIpc) is 2.53. The van der Waals surface area contributed by atoms with E-state index in [2.05, 4.69) is 15.3 Å². The van der Waals surface area contributed by atoms with E-state index in [1.165, 1.54) is 0 Å². The SMILES string of the molecule is N=Nc1ccc(/N=N/c2ccccc2)c2ccccc12. The van der Waals surface area contributed by atoms with Crippen molar-refractivity contribution in [3.63, 3.8) is 0 Å². The molecule has 0 aliphatic carbocycles. The summed E-state index contributed by atoms with van der Waals surface area (Å²) in [7, 11) is 0. The molecule has 0 spiro atoms. The molecule has 0 radical (unpaired) electrons. The van der Waals surface area contributed by atoms with Gasteiger partial charge in [-0.15, -0.1) is 5.11 Å². The molecule has 0 unspecified atom stereocenters. The number of hydrogen-bond donors (Lipinski definition) is 1. The summed E-state index contributed by atoms with van der Waals surface area (Å²) >= 11 is 0. The summed E-state index contributed by atoms with van der Waals surface area (Å²) < 4.78 is 0. The number of nitrogens with zero attached hydrogens (tertiary/aromatic N) is 3. The zero-order valence-electron chi connectivity index (χ0n) is 10.7. The first-order valence-corrected chi connectivity index (χ1v) is 6.24. The molecule has 1 N–H and O–H groups in total. The van der Waals surface area contributed by atoms with Gasteiger partial charge in [0.15, 0.2) is 0 Å². The lowest BCUT2D eigenvalue weighted by Crippen LogP contribution is -1.74. The van der Waals surface area contributed by atoms with Gasteiger partial charge in [0.25, 0.3) is 0 Å². The van der Waals surface area contributed by atoms with Crippen molar-refractivity contribution in [2.75, 3.05) is 0 Å². The number of nitrogens with one attached hydrogen (secondary N) is 1. The summed E-state index contributed by atoms with van der Waals surface area (Å²) in [6.45, 7) is 0. The van der Waals surface area contributed by atoms with E-state index in [9.17, 15) is 0 Å².